The summed E-state index contributed by atoms with van der Waals surface area (Å²) in [5.41, 5.74) is 5.34. The van der Waals surface area contributed by atoms with Crippen LogP contribution >= 0.6 is 0 Å². The number of hydrogen-bond acceptors (Lipinski definition) is 4. The van der Waals surface area contributed by atoms with E-state index in [0.29, 0.717) is 6.42 Å². The van der Waals surface area contributed by atoms with Gasteiger partial charge in [-0.15, -0.1) is 0 Å². The Bertz CT molecular complexity index is 153. The second-order valence-corrected chi connectivity index (χ2v) is 1.78. The minimum absolute atomic E-state index is 0.135. The molecule has 0 bridgehead atoms. The van der Waals surface area contributed by atoms with E-state index in [2.05, 4.69) is 10.3 Å². The van der Waals surface area contributed by atoms with Crippen LogP contribution in [0.4, 0.5) is 0 Å². The van der Waals surface area contributed by atoms with Gasteiger partial charge in [0.2, 0.25) is 0 Å². The van der Waals surface area contributed by atoms with Crippen LogP contribution < -0.4 is 5.73 Å². The maximum absolute atomic E-state index is 8.27. The molecule has 0 aromatic carbocycles. The van der Waals surface area contributed by atoms with E-state index >= 15 is 0 Å². The third-order valence-corrected chi connectivity index (χ3v) is 1.01. The third-order valence-electron chi connectivity index (χ3n) is 1.01. The summed E-state index contributed by atoms with van der Waals surface area (Å²) in [4.78, 5) is 0. The molecule has 0 heterocycles. The predicted octanol–water partition coefficient (Wildman–Crippen LogP) is 0.363. The van der Waals surface area contributed by atoms with Gasteiger partial charge in [-0.2, -0.15) is 0 Å². The van der Waals surface area contributed by atoms with E-state index in [4.69, 9.17) is 16.1 Å². The smallest absolute Gasteiger partial charge is 0.187 e. The number of nitrogens with two attached hydrogens (primary N) is 1. The van der Waals surface area contributed by atoms with Gasteiger partial charge < -0.3 is 16.1 Å². The van der Waals surface area contributed by atoms with Crippen LogP contribution in [0.3, 0.4) is 0 Å². The molecule has 0 atom stereocenters. The Balaban J connectivity index is 4.09. The van der Waals surface area contributed by atoms with Gasteiger partial charge in [-0.1, -0.05) is 23.7 Å². The average molecular weight is 145 g/mol. The number of hydrogen-bond donors (Lipinski definition) is 3. The molecular formula is C5H11N3O2. The zero-order valence-corrected chi connectivity index (χ0v) is 5.78. The summed E-state index contributed by atoms with van der Waals surface area (Å²) >= 11 is 0. The molecule has 0 saturated heterocycles. The first-order chi connectivity index (χ1) is 4.76. The van der Waals surface area contributed by atoms with Gasteiger partial charge in [0, 0.05) is 0 Å². The highest BCUT2D eigenvalue weighted by atomic mass is 16.4. The van der Waals surface area contributed by atoms with Crippen LogP contribution in [0, 0.1) is 0 Å². The molecule has 0 amide bonds. The predicted molar refractivity (Wildman–Crippen MR) is 37.5 cm³/mol. The fraction of sp³-hybridized carbons (Fsp3) is 0.600. The molecule has 0 spiro atoms. The van der Waals surface area contributed by atoms with Crippen molar-refractivity contribution in [3.63, 3.8) is 0 Å². The van der Waals surface area contributed by atoms with Crippen molar-refractivity contribution in [1.82, 2.24) is 0 Å². The maximum atomic E-state index is 8.27. The zero-order valence-electron chi connectivity index (χ0n) is 5.78. The summed E-state index contributed by atoms with van der Waals surface area (Å²) in [5, 5.41) is 21.9. The van der Waals surface area contributed by atoms with Crippen molar-refractivity contribution >= 4 is 11.5 Å². The summed E-state index contributed by atoms with van der Waals surface area (Å²) in [7, 11) is 0. The van der Waals surface area contributed by atoms with Crippen LogP contribution in [0.25, 0.3) is 0 Å². The van der Waals surface area contributed by atoms with Crippen molar-refractivity contribution in [2.45, 2.75) is 19.8 Å². The summed E-state index contributed by atoms with van der Waals surface area (Å²) in [6.45, 7) is 1.90. The number of nitrogens with zero attached hydrogens (tertiary/aromatic N) is 2. The Morgan fingerprint density at radius 1 is 1.40 bits per heavy atom. The van der Waals surface area contributed by atoms with Crippen molar-refractivity contribution in [3.8, 4) is 0 Å². The van der Waals surface area contributed by atoms with Gasteiger partial charge in [-0.3, -0.25) is 0 Å². The summed E-state index contributed by atoms with van der Waals surface area (Å²) in [5.74, 6) is -0.135. The van der Waals surface area contributed by atoms with E-state index in [0.717, 1.165) is 6.42 Å². The van der Waals surface area contributed by atoms with E-state index in [-0.39, 0.29) is 11.5 Å². The molecule has 5 heteroatoms. The highest BCUT2D eigenvalue weighted by Crippen LogP contribution is 1.91. The molecule has 0 aliphatic carbocycles. The molecule has 0 rings (SSSR count). The van der Waals surface area contributed by atoms with Gasteiger partial charge in [-0.25, -0.2) is 0 Å². The first kappa shape index (κ1) is 8.74. The second-order valence-electron chi connectivity index (χ2n) is 1.78. The fourth-order valence-electron chi connectivity index (χ4n) is 0.524. The molecule has 0 aliphatic rings. The van der Waals surface area contributed by atoms with Crippen LogP contribution in [0.5, 0.6) is 0 Å². The topological polar surface area (TPSA) is 91.2 Å². The minimum Gasteiger partial charge on any atom is -0.411 e. The largest absolute Gasteiger partial charge is 0.411 e. The van der Waals surface area contributed by atoms with E-state index in [1.807, 2.05) is 6.92 Å². The third kappa shape index (κ3) is 2.34. The monoisotopic (exact) mass is 145 g/mol. The van der Waals surface area contributed by atoms with Crippen molar-refractivity contribution < 1.29 is 10.4 Å². The van der Waals surface area contributed by atoms with E-state index in [1.165, 1.54) is 0 Å². The Morgan fingerprint density at radius 3 is 2.30 bits per heavy atom. The van der Waals surface area contributed by atoms with Crippen LogP contribution in [0.1, 0.15) is 19.8 Å². The molecule has 4 N–H and O–H groups in total. The van der Waals surface area contributed by atoms with Crippen LogP contribution in [-0.4, -0.2) is 22.0 Å². The Labute approximate surface area is 58.8 Å². The average Bonchev–Trinajstić information content (AvgIpc) is 1.99. The number of amidine groups is 1. The molecule has 0 radical (unpaired) electrons. The highest BCUT2D eigenvalue weighted by molar-refractivity contribution is 6.40. The Kier molecular flexibility index (Phi) is 4.02. The fourth-order valence-corrected chi connectivity index (χ4v) is 0.524. The summed E-state index contributed by atoms with van der Waals surface area (Å²) < 4.78 is 0. The van der Waals surface area contributed by atoms with Gasteiger partial charge in [0.1, 0.15) is 5.71 Å². The molecule has 0 aliphatic heterocycles. The molecular weight excluding hydrogens is 134 g/mol. The lowest BCUT2D eigenvalue weighted by Gasteiger charge is -1.97. The Morgan fingerprint density at radius 2 is 2.00 bits per heavy atom. The van der Waals surface area contributed by atoms with Gasteiger partial charge in [0.25, 0.3) is 0 Å². The Hall–Kier alpha value is -1.26. The van der Waals surface area contributed by atoms with E-state index in [1.54, 1.807) is 0 Å². The van der Waals surface area contributed by atoms with Gasteiger partial charge >= 0.3 is 0 Å². The minimum atomic E-state index is -0.135. The molecule has 0 saturated carbocycles. The zero-order chi connectivity index (χ0) is 7.98. The molecule has 5 nitrogen and oxygen atoms in total. The molecule has 10 heavy (non-hydrogen) atoms. The van der Waals surface area contributed by atoms with Crippen molar-refractivity contribution in [3.05, 3.63) is 0 Å². The molecule has 0 fully saturated rings. The highest BCUT2D eigenvalue weighted by Gasteiger charge is 2.03. The van der Waals surface area contributed by atoms with E-state index in [9.17, 15) is 0 Å². The van der Waals surface area contributed by atoms with Gasteiger partial charge in [0.15, 0.2) is 5.84 Å². The van der Waals surface area contributed by atoms with Crippen LogP contribution in [0.15, 0.2) is 10.3 Å². The number of oxime groups is 2. The van der Waals surface area contributed by atoms with E-state index < -0.39 is 0 Å². The first-order valence-electron chi connectivity index (χ1n) is 2.95. The first-order valence-corrected chi connectivity index (χ1v) is 2.95. The van der Waals surface area contributed by atoms with Crippen LogP contribution in [0.2, 0.25) is 0 Å². The molecule has 0 aromatic rings. The summed E-state index contributed by atoms with van der Waals surface area (Å²) in [6, 6.07) is 0. The lowest BCUT2D eigenvalue weighted by atomic mass is 10.2. The lowest BCUT2D eigenvalue weighted by molar-refractivity contribution is 0.312. The summed E-state index contributed by atoms with van der Waals surface area (Å²) in [6.07, 6.45) is 1.29. The quantitative estimate of drug-likeness (QED) is 0.232. The normalized spacial score (nSPS) is 13.7. The van der Waals surface area contributed by atoms with Crippen molar-refractivity contribution in [2.24, 2.45) is 16.0 Å². The molecule has 58 valence electrons. The van der Waals surface area contributed by atoms with Crippen molar-refractivity contribution in [2.75, 3.05) is 0 Å². The van der Waals surface area contributed by atoms with Gasteiger partial charge in [0.05, 0.1) is 0 Å². The number of rotatable bonds is 3. The molecule has 0 unspecified atom stereocenters. The maximum Gasteiger partial charge on any atom is 0.187 e. The van der Waals surface area contributed by atoms with Gasteiger partial charge in [-0.05, 0) is 6.42 Å². The standard InChI is InChI=1S/C5H11N3O2/c1-2-3-4(7-9)5(6)8-10/h9-10H,2-3H2,1H3,(H2,6,8)/b7-4-. The second kappa shape index (κ2) is 4.60. The van der Waals surface area contributed by atoms with Crippen molar-refractivity contribution in [1.29, 1.82) is 0 Å². The SMILES string of the molecule is CCCC(=N/O)/C(N)=N/O. The van der Waals surface area contributed by atoms with Crippen LogP contribution in [-0.2, 0) is 0 Å². The lowest BCUT2D eigenvalue weighted by Crippen LogP contribution is -2.23. The molecule has 0 aromatic heterocycles.